The molecule has 0 bridgehead atoms. The Morgan fingerprint density at radius 3 is 2.72 bits per heavy atom. The first-order chi connectivity index (χ1) is 12.1. The molecular weight excluding hydrogens is 316 g/mol. The van der Waals surface area contributed by atoms with Gasteiger partial charge >= 0.3 is 0 Å². The number of aromatic nitrogens is 2. The molecule has 3 aromatic rings. The molecule has 1 saturated heterocycles. The topological polar surface area (TPSA) is 95.2 Å². The fourth-order valence-corrected chi connectivity index (χ4v) is 3.59. The van der Waals surface area contributed by atoms with Crippen molar-refractivity contribution in [2.24, 2.45) is 0 Å². The van der Waals surface area contributed by atoms with Gasteiger partial charge in [0, 0.05) is 25.1 Å². The number of nitrogens with one attached hydrogen (secondary N) is 1. The lowest BCUT2D eigenvalue weighted by molar-refractivity contribution is 0.129. The van der Waals surface area contributed by atoms with Gasteiger partial charge in [-0.2, -0.15) is 4.98 Å². The second-order valence-corrected chi connectivity index (χ2v) is 6.50. The molecule has 25 heavy (non-hydrogen) atoms. The molecule has 2 aromatic carbocycles. The molecule has 0 unspecified atom stereocenters. The van der Waals surface area contributed by atoms with Crippen molar-refractivity contribution in [3.8, 4) is 0 Å². The lowest BCUT2D eigenvalue weighted by Crippen LogP contribution is -2.43. The third-order valence-corrected chi connectivity index (χ3v) is 4.85. The van der Waals surface area contributed by atoms with Crippen molar-refractivity contribution in [3.63, 3.8) is 0 Å². The van der Waals surface area contributed by atoms with Crippen molar-refractivity contribution in [2.75, 3.05) is 23.7 Å². The highest BCUT2D eigenvalue weighted by Crippen LogP contribution is 2.31. The molecular formula is C19H20N4O2. The molecule has 0 amide bonds. The fraction of sp³-hybridized carbons (Fsp3) is 0.263. The quantitative estimate of drug-likeness (QED) is 0.664. The first-order valence-corrected chi connectivity index (χ1v) is 8.39. The van der Waals surface area contributed by atoms with Crippen LogP contribution in [-0.4, -0.2) is 34.3 Å². The number of aromatic amines is 1. The maximum absolute atomic E-state index is 11.6. The van der Waals surface area contributed by atoms with Crippen LogP contribution in [0.15, 0.2) is 53.3 Å². The Balaban J connectivity index is 1.57. The van der Waals surface area contributed by atoms with Crippen LogP contribution in [0.4, 0.5) is 11.8 Å². The Morgan fingerprint density at radius 2 is 1.96 bits per heavy atom. The SMILES string of the molecule is Nc1nc(N2CC[C@@H](c3ccc4ccccc4c3)[C@H](O)C2)cc(=O)[nH]1. The number of piperidine rings is 1. The lowest BCUT2D eigenvalue weighted by atomic mass is 9.86. The van der Waals surface area contributed by atoms with E-state index in [4.69, 9.17) is 5.73 Å². The third kappa shape index (κ3) is 3.08. The van der Waals surface area contributed by atoms with Gasteiger partial charge < -0.3 is 15.7 Å². The maximum atomic E-state index is 11.6. The van der Waals surface area contributed by atoms with E-state index < -0.39 is 6.10 Å². The van der Waals surface area contributed by atoms with E-state index in [0.717, 1.165) is 12.0 Å². The highest BCUT2D eigenvalue weighted by molar-refractivity contribution is 5.83. The van der Waals surface area contributed by atoms with Crippen molar-refractivity contribution in [3.05, 3.63) is 64.4 Å². The molecule has 1 aromatic heterocycles. The Labute approximate surface area is 144 Å². The Bertz CT molecular complexity index is 969. The van der Waals surface area contributed by atoms with Crippen molar-refractivity contribution in [2.45, 2.75) is 18.4 Å². The molecule has 0 aliphatic carbocycles. The summed E-state index contributed by atoms with van der Waals surface area (Å²) in [5.74, 6) is 0.672. The summed E-state index contributed by atoms with van der Waals surface area (Å²) in [5, 5.41) is 13.1. The number of hydrogen-bond donors (Lipinski definition) is 3. The zero-order chi connectivity index (χ0) is 17.4. The molecule has 1 fully saturated rings. The Hall–Kier alpha value is -2.86. The summed E-state index contributed by atoms with van der Waals surface area (Å²) in [6.45, 7) is 1.14. The van der Waals surface area contributed by atoms with Crippen LogP contribution >= 0.6 is 0 Å². The number of nitrogens with zero attached hydrogens (tertiary/aromatic N) is 2. The molecule has 4 N–H and O–H groups in total. The van der Waals surface area contributed by atoms with Gasteiger partial charge in [-0.15, -0.1) is 0 Å². The molecule has 0 saturated carbocycles. The second-order valence-electron chi connectivity index (χ2n) is 6.50. The molecule has 6 heteroatoms. The molecule has 0 spiro atoms. The van der Waals surface area contributed by atoms with Crippen molar-refractivity contribution < 1.29 is 5.11 Å². The van der Waals surface area contributed by atoms with Gasteiger partial charge in [0.15, 0.2) is 0 Å². The van der Waals surface area contributed by atoms with E-state index in [9.17, 15) is 9.90 Å². The van der Waals surface area contributed by atoms with E-state index in [0.29, 0.717) is 18.9 Å². The van der Waals surface area contributed by atoms with Crippen LogP contribution in [0.3, 0.4) is 0 Å². The van der Waals surface area contributed by atoms with Gasteiger partial charge in [-0.3, -0.25) is 9.78 Å². The van der Waals surface area contributed by atoms with Gasteiger partial charge in [0.25, 0.3) is 5.56 Å². The predicted molar refractivity (Wildman–Crippen MR) is 98.8 cm³/mol. The number of H-pyrrole nitrogens is 1. The monoisotopic (exact) mass is 336 g/mol. The zero-order valence-corrected chi connectivity index (χ0v) is 13.7. The highest BCUT2D eigenvalue weighted by Gasteiger charge is 2.29. The van der Waals surface area contributed by atoms with Crippen LogP contribution in [0.1, 0.15) is 17.9 Å². The molecule has 6 nitrogen and oxygen atoms in total. The Kier molecular flexibility index (Phi) is 3.89. The van der Waals surface area contributed by atoms with Gasteiger partial charge in [-0.25, -0.2) is 0 Å². The zero-order valence-electron chi connectivity index (χ0n) is 13.7. The van der Waals surface area contributed by atoms with Gasteiger partial charge in [0.05, 0.1) is 6.10 Å². The number of nitrogen functional groups attached to an aromatic ring is 1. The van der Waals surface area contributed by atoms with Crippen LogP contribution in [0.5, 0.6) is 0 Å². The van der Waals surface area contributed by atoms with Crippen molar-refractivity contribution in [1.82, 2.24) is 9.97 Å². The summed E-state index contributed by atoms with van der Waals surface area (Å²) in [6.07, 6.45) is 0.255. The molecule has 0 radical (unpaired) electrons. The van der Waals surface area contributed by atoms with Gasteiger partial charge in [-0.05, 0) is 22.8 Å². The second kappa shape index (κ2) is 6.22. The predicted octanol–water partition coefficient (Wildman–Crippen LogP) is 1.86. The molecule has 2 heterocycles. The number of fused-ring (bicyclic) bond motifs is 1. The number of rotatable bonds is 2. The molecule has 128 valence electrons. The Morgan fingerprint density at radius 1 is 1.16 bits per heavy atom. The van der Waals surface area contributed by atoms with Gasteiger partial charge in [0.1, 0.15) is 5.82 Å². The summed E-state index contributed by atoms with van der Waals surface area (Å²) in [5.41, 5.74) is 6.48. The molecule has 1 aliphatic rings. The van der Waals surface area contributed by atoms with Crippen LogP contribution in [-0.2, 0) is 0 Å². The van der Waals surface area contributed by atoms with Crippen LogP contribution in [0.25, 0.3) is 10.8 Å². The van der Waals surface area contributed by atoms with Gasteiger partial charge in [0.2, 0.25) is 5.95 Å². The largest absolute Gasteiger partial charge is 0.391 e. The van der Waals surface area contributed by atoms with Crippen LogP contribution in [0, 0.1) is 0 Å². The van der Waals surface area contributed by atoms with E-state index in [2.05, 4.69) is 40.3 Å². The van der Waals surface area contributed by atoms with E-state index in [1.165, 1.54) is 16.8 Å². The number of anilines is 2. The van der Waals surface area contributed by atoms with E-state index in [1.807, 2.05) is 17.0 Å². The van der Waals surface area contributed by atoms with Crippen molar-refractivity contribution in [1.29, 1.82) is 0 Å². The molecule has 1 aliphatic heterocycles. The number of nitrogens with two attached hydrogens (primary N) is 1. The maximum Gasteiger partial charge on any atom is 0.254 e. The fourth-order valence-electron chi connectivity index (χ4n) is 3.59. The number of hydrogen-bond acceptors (Lipinski definition) is 5. The summed E-state index contributed by atoms with van der Waals surface area (Å²) in [7, 11) is 0. The lowest BCUT2D eigenvalue weighted by Gasteiger charge is -2.36. The first kappa shape index (κ1) is 15.7. The average Bonchev–Trinajstić information content (AvgIpc) is 2.60. The minimum absolute atomic E-state index is 0.0696. The summed E-state index contributed by atoms with van der Waals surface area (Å²) in [4.78, 5) is 20.1. The third-order valence-electron chi connectivity index (χ3n) is 4.85. The van der Waals surface area contributed by atoms with E-state index in [1.54, 1.807) is 0 Å². The summed E-state index contributed by atoms with van der Waals surface area (Å²) < 4.78 is 0. The van der Waals surface area contributed by atoms with E-state index >= 15 is 0 Å². The smallest absolute Gasteiger partial charge is 0.254 e. The minimum atomic E-state index is -0.530. The standard InChI is InChI=1S/C19H20N4O2/c20-19-21-17(10-18(25)22-19)23-8-7-15(16(24)11-23)14-6-5-12-3-1-2-4-13(12)9-14/h1-6,9-10,15-16,24H,7-8,11H2,(H3,20,21,22,25)/t15-,16+/m0/s1. The highest BCUT2D eigenvalue weighted by atomic mass is 16.3. The normalized spacial score (nSPS) is 20.8. The molecule has 4 rings (SSSR count). The van der Waals surface area contributed by atoms with E-state index in [-0.39, 0.29) is 17.4 Å². The minimum Gasteiger partial charge on any atom is -0.391 e. The average molecular weight is 336 g/mol. The number of benzene rings is 2. The summed E-state index contributed by atoms with van der Waals surface area (Å²) >= 11 is 0. The number of aliphatic hydroxyl groups is 1. The first-order valence-electron chi connectivity index (χ1n) is 8.39. The van der Waals surface area contributed by atoms with Crippen LogP contribution < -0.4 is 16.2 Å². The number of aliphatic hydroxyl groups excluding tert-OH is 1. The van der Waals surface area contributed by atoms with Gasteiger partial charge in [-0.1, -0.05) is 42.5 Å². The summed E-state index contributed by atoms with van der Waals surface area (Å²) in [6, 6.07) is 16.0. The molecule has 2 atom stereocenters. The van der Waals surface area contributed by atoms with Crippen molar-refractivity contribution >= 4 is 22.5 Å². The number of β-amino-alcohol motifs (C(OH)–C–C–N with tert-alkyl or cyclic N) is 1. The van der Waals surface area contributed by atoms with Crippen LogP contribution in [0.2, 0.25) is 0 Å².